The highest BCUT2D eigenvalue weighted by Gasteiger charge is 2.27. The number of aryl methyl sites for hydroxylation is 1. The molecule has 1 unspecified atom stereocenters. The van der Waals surface area contributed by atoms with Gasteiger partial charge in [-0.2, -0.15) is 4.98 Å². The van der Waals surface area contributed by atoms with E-state index in [4.69, 9.17) is 4.52 Å². The highest BCUT2D eigenvalue weighted by atomic mass is 16.5. The van der Waals surface area contributed by atoms with Crippen LogP contribution in [0.25, 0.3) is 17.1 Å². The lowest BCUT2D eigenvalue weighted by Crippen LogP contribution is -2.32. The summed E-state index contributed by atoms with van der Waals surface area (Å²) in [6.45, 7) is 7.89. The molecule has 0 aliphatic carbocycles. The second kappa shape index (κ2) is 8.51. The zero-order valence-corrected chi connectivity index (χ0v) is 17.9. The van der Waals surface area contributed by atoms with Crippen molar-refractivity contribution in [1.29, 1.82) is 0 Å². The van der Waals surface area contributed by atoms with Gasteiger partial charge >= 0.3 is 0 Å². The van der Waals surface area contributed by atoms with Gasteiger partial charge in [-0.3, -0.25) is 14.8 Å². The number of pyridine rings is 2. The molecule has 4 aromatic rings. The van der Waals surface area contributed by atoms with Crippen LogP contribution in [0.5, 0.6) is 0 Å². The normalized spacial score (nSPS) is 12.2. The summed E-state index contributed by atoms with van der Waals surface area (Å²) in [6, 6.07) is 8.96. The average Bonchev–Trinajstić information content (AvgIpc) is 3.37. The van der Waals surface area contributed by atoms with E-state index in [1.807, 2.05) is 62.6 Å². The van der Waals surface area contributed by atoms with Crippen molar-refractivity contribution in [2.24, 2.45) is 5.92 Å². The van der Waals surface area contributed by atoms with Gasteiger partial charge in [0.05, 0.1) is 17.4 Å². The van der Waals surface area contributed by atoms with Crippen LogP contribution in [0.15, 0.2) is 59.6 Å². The first-order valence-corrected chi connectivity index (χ1v) is 10.1. The fourth-order valence-corrected chi connectivity index (χ4v) is 3.58. The number of nitrogens with zero attached hydrogens (tertiary/aromatic N) is 5. The molecule has 0 saturated heterocycles. The van der Waals surface area contributed by atoms with Gasteiger partial charge in [-0.25, -0.2) is 0 Å². The second-order valence-electron chi connectivity index (χ2n) is 7.72. The minimum Gasteiger partial charge on any atom is -0.340 e. The maximum absolute atomic E-state index is 13.2. The van der Waals surface area contributed by atoms with E-state index in [1.54, 1.807) is 24.8 Å². The molecule has 31 heavy (non-hydrogen) atoms. The maximum atomic E-state index is 13.2. The summed E-state index contributed by atoms with van der Waals surface area (Å²) < 4.78 is 7.50. The van der Waals surface area contributed by atoms with E-state index in [1.165, 1.54) is 0 Å². The number of hydrogen-bond donors (Lipinski definition) is 1. The van der Waals surface area contributed by atoms with Gasteiger partial charge in [-0.05, 0) is 50.1 Å². The van der Waals surface area contributed by atoms with Gasteiger partial charge in [0, 0.05) is 35.5 Å². The number of rotatable bonds is 6. The summed E-state index contributed by atoms with van der Waals surface area (Å²) >= 11 is 0. The van der Waals surface area contributed by atoms with Gasteiger partial charge in [-0.1, -0.05) is 19.0 Å². The van der Waals surface area contributed by atoms with Crippen molar-refractivity contribution in [3.63, 3.8) is 0 Å². The van der Waals surface area contributed by atoms with Crippen molar-refractivity contribution in [3.8, 4) is 17.1 Å². The molecule has 0 saturated carbocycles. The molecule has 4 heterocycles. The second-order valence-corrected chi connectivity index (χ2v) is 7.72. The quantitative estimate of drug-likeness (QED) is 0.509. The number of nitrogens with one attached hydrogen (secondary N) is 1. The fraction of sp³-hybridized carbons (Fsp3) is 0.261. The van der Waals surface area contributed by atoms with Crippen molar-refractivity contribution in [2.45, 2.75) is 33.7 Å². The molecule has 0 bridgehead atoms. The van der Waals surface area contributed by atoms with Gasteiger partial charge in [0.1, 0.15) is 6.04 Å². The van der Waals surface area contributed by atoms with Gasteiger partial charge in [0.2, 0.25) is 11.7 Å². The molecule has 0 aromatic carbocycles. The van der Waals surface area contributed by atoms with Crippen molar-refractivity contribution < 1.29 is 9.32 Å². The predicted molar refractivity (Wildman–Crippen MR) is 116 cm³/mol. The smallest absolute Gasteiger partial charge is 0.253 e. The molecule has 1 atom stereocenters. The van der Waals surface area contributed by atoms with Gasteiger partial charge in [0.15, 0.2) is 0 Å². The first kappa shape index (κ1) is 20.5. The Morgan fingerprint density at radius 2 is 1.84 bits per heavy atom. The van der Waals surface area contributed by atoms with Crippen molar-refractivity contribution in [2.75, 3.05) is 0 Å². The molecule has 0 aliphatic heterocycles. The average molecular weight is 416 g/mol. The van der Waals surface area contributed by atoms with Crippen molar-refractivity contribution >= 4 is 5.91 Å². The largest absolute Gasteiger partial charge is 0.340 e. The predicted octanol–water partition coefficient (Wildman–Crippen LogP) is 4.06. The first-order chi connectivity index (χ1) is 15.0. The monoisotopic (exact) mass is 416 g/mol. The molecular weight excluding hydrogens is 392 g/mol. The zero-order valence-electron chi connectivity index (χ0n) is 17.9. The SMILES string of the molecule is Cc1cc(C(=O)NC(c2nc(-c3cccnc3)no2)C(C)C)c(C)n1-c1cccnc1. The molecule has 4 rings (SSSR count). The number of hydrogen-bond acceptors (Lipinski definition) is 6. The number of amides is 1. The third-order valence-corrected chi connectivity index (χ3v) is 5.16. The molecule has 1 amide bonds. The highest BCUT2D eigenvalue weighted by Crippen LogP contribution is 2.25. The van der Waals surface area contributed by atoms with E-state index in [0.717, 1.165) is 22.6 Å². The fourth-order valence-electron chi connectivity index (χ4n) is 3.58. The molecule has 4 aromatic heterocycles. The molecule has 0 fully saturated rings. The molecule has 8 heteroatoms. The van der Waals surface area contributed by atoms with Crippen molar-refractivity contribution in [1.82, 2.24) is 30.0 Å². The Hall–Kier alpha value is -3.81. The Balaban J connectivity index is 1.60. The summed E-state index contributed by atoms with van der Waals surface area (Å²) in [5, 5.41) is 7.12. The number of carbonyl (C=O) groups is 1. The van der Waals surface area contributed by atoms with Gasteiger partial charge in [0.25, 0.3) is 5.91 Å². The molecule has 158 valence electrons. The Morgan fingerprint density at radius 1 is 1.10 bits per heavy atom. The van der Waals surface area contributed by atoms with Crippen LogP contribution in [0.1, 0.15) is 47.5 Å². The van der Waals surface area contributed by atoms with Crippen LogP contribution in [0, 0.1) is 19.8 Å². The standard InChI is InChI=1S/C23H24N6O2/c1-14(2)20(23-27-21(28-31-23)17-7-5-9-24-12-17)26-22(30)19-11-15(3)29(16(19)4)18-8-6-10-25-13-18/h5-14,20H,1-4H3,(H,26,30). The van der Waals surface area contributed by atoms with Gasteiger partial charge < -0.3 is 14.4 Å². The molecule has 0 spiro atoms. The summed E-state index contributed by atoms with van der Waals surface area (Å²) in [5.74, 6) is 0.664. The summed E-state index contributed by atoms with van der Waals surface area (Å²) in [6.07, 6.45) is 6.86. The molecular formula is C23H24N6O2. The molecule has 0 radical (unpaired) electrons. The van der Waals surface area contributed by atoms with Gasteiger partial charge in [-0.15, -0.1) is 0 Å². The van der Waals surface area contributed by atoms with Crippen LogP contribution in [0.4, 0.5) is 0 Å². The minimum atomic E-state index is -0.424. The van der Waals surface area contributed by atoms with Crippen LogP contribution in [-0.2, 0) is 0 Å². The molecule has 0 aliphatic rings. The molecule has 8 nitrogen and oxygen atoms in total. The van der Waals surface area contributed by atoms with E-state index in [9.17, 15) is 4.79 Å². The minimum absolute atomic E-state index is 0.0490. The summed E-state index contributed by atoms with van der Waals surface area (Å²) in [4.78, 5) is 26.0. The topological polar surface area (TPSA) is 98.7 Å². The lowest BCUT2D eigenvalue weighted by atomic mass is 10.0. The van der Waals surface area contributed by atoms with E-state index in [0.29, 0.717) is 17.3 Å². The van der Waals surface area contributed by atoms with Crippen LogP contribution in [0.2, 0.25) is 0 Å². The Morgan fingerprint density at radius 3 is 2.48 bits per heavy atom. The Kier molecular flexibility index (Phi) is 5.62. The van der Waals surface area contributed by atoms with E-state index >= 15 is 0 Å². The number of carbonyl (C=O) groups excluding carboxylic acids is 1. The Labute approximate surface area is 180 Å². The maximum Gasteiger partial charge on any atom is 0.253 e. The third kappa shape index (κ3) is 4.09. The van der Waals surface area contributed by atoms with Crippen LogP contribution in [-0.4, -0.2) is 30.6 Å². The van der Waals surface area contributed by atoms with Crippen molar-refractivity contribution in [3.05, 3.63) is 78.0 Å². The summed E-state index contributed by atoms with van der Waals surface area (Å²) in [7, 11) is 0. The van der Waals surface area contributed by atoms with Crippen LogP contribution >= 0.6 is 0 Å². The third-order valence-electron chi connectivity index (χ3n) is 5.16. The van der Waals surface area contributed by atoms with Crippen LogP contribution < -0.4 is 5.32 Å². The Bertz CT molecular complexity index is 1180. The van der Waals surface area contributed by atoms with E-state index < -0.39 is 6.04 Å². The summed E-state index contributed by atoms with van der Waals surface area (Å²) in [5.41, 5.74) is 4.06. The lowest BCUT2D eigenvalue weighted by molar-refractivity contribution is 0.0913. The first-order valence-electron chi connectivity index (χ1n) is 10.1. The molecule has 1 N–H and O–H groups in total. The lowest BCUT2D eigenvalue weighted by Gasteiger charge is -2.18. The zero-order chi connectivity index (χ0) is 22.0. The highest BCUT2D eigenvalue weighted by molar-refractivity contribution is 5.96. The number of aromatic nitrogens is 5. The van der Waals surface area contributed by atoms with E-state index in [2.05, 4.69) is 25.4 Å². The van der Waals surface area contributed by atoms with E-state index in [-0.39, 0.29) is 11.8 Å². The van der Waals surface area contributed by atoms with Crippen LogP contribution in [0.3, 0.4) is 0 Å².